The number of nitrogens with one attached hydrogen (secondary N) is 2. The van der Waals surface area contributed by atoms with Gasteiger partial charge in [-0.15, -0.1) is 0 Å². The van der Waals surface area contributed by atoms with Gasteiger partial charge in [-0.05, 0) is 19.4 Å². The van der Waals surface area contributed by atoms with Crippen molar-refractivity contribution in [1.82, 2.24) is 24.7 Å². The zero-order chi connectivity index (χ0) is 15.6. The van der Waals surface area contributed by atoms with Crippen LogP contribution in [0.3, 0.4) is 0 Å². The number of carbonyl (C=O) groups is 1. The molecular weight excluding hydrogens is 298 g/mol. The van der Waals surface area contributed by atoms with Gasteiger partial charge in [0, 0.05) is 12.7 Å². The summed E-state index contributed by atoms with van der Waals surface area (Å²) < 4.78 is 28.3. The summed E-state index contributed by atoms with van der Waals surface area (Å²) in [5, 5.41) is 18.8. The van der Waals surface area contributed by atoms with Gasteiger partial charge in [0.15, 0.2) is 5.69 Å². The smallest absolute Gasteiger partial charge is 0.357 e. The number of H-pyrrole nitrogens is 1. The fourth-order valence-corrected chi connectivity index (χ4v) is 3.19. The lowest BCUT2D eigenvalue weighted by Gasteiger charge is -2.07. The molecule has 10 heteroatoms. The maximum Gasteiger partial charge on any atom is 0.357 e. The lowest BCUT2D eigenvalue weighted by molar-refractivity contribution is 0.0686. The average molecular weight is 313 g/mol. The van der Waals surface area contributed by atoms with Crippen LogP contribution in [-0.2, 0) is 16.6 Å². The van der Waals surface area contributed by atoms with E-state index >= 15 is 0 Å². The number of aromatic nitrogens is 4. The van der Waals surface area contributed by atoms with Crippen LogP contribution in [0.2, 0.25) is 0 Å². The van der Waals surface area contributed by atoms with E-state index in [0.29, 0.717) is 6.54 Å². The number of aryl methyl sites for hydroxylation is 2. The molecular formula is C11H15N5O4S. The van der Waals surface area contributed by atoms with Gasteiger partial charge in [-0.25, -0.2) is 17.9 Å². The van der Waals surface area contributed by atoms with Crippen molar-refractivity contribution in [2.75, 3.05) is 6.54 Å². The summed E-state index contributed by atoms with van der Waals surface area (Å²) in [6.07, 6.45) is 3.44. The predicted octanol–water partition coefficient (Wildman–Crippen LogP) is -0.100. The van der Waals surface area contributed by atoms with E-state index in [-0.39, 0.29) is 17.1 Å². The Kier molecular flexibility index (Phi) is 4.09. The molecule has 114 valence electrons. The minimum atomic E-state index is -3.95. The molecule has 3 N–H and O–H groups in total. The molecule has 2 heterocycles. The van der Waals surface area contributed by atoms with Gasteiger partial charge in [0.2, 0.25) is 10.0 Å². The summed E-state index contributed by atoms with van der Waals surface area (Å²) in [5.74, 6) is -1.40. The Balaban J connectivity index is 2.12. The van der Waals surface area contributed by atoms with Crippen LogP contribution < -0.4 is 4.72 Å². The average Bonchev–Trinajstić information content (AvgIpc) is 2.95. The molecule has 0 bridgehead atoms. The van der Waals surface area contributed by atoms with E-state index in [9.17, 15) is 13.2 Å². The SMILES string of the molecule is Cc1cnn(CCNS(=O)(=O)c2c(C(=O)O)n[nH]c2C)c1. The summed E-state index contributed by atoms with van der Waals surface area (Å²) in [5.41, 5.74) is 0.626. The minimum Gasteiger partial charge on any atom is -0.476 e. The van der Waals surface area contributed by atoms with E-state index in [1.165, 1.54) is 6.92 Å². The monoisotopic (exact) mass is 313 g/mol. The number of aromatic amines is 1. The number of rotatable bonds is 6. The number of hydrogen-bond donors (Lipinski definition) is 3. The first-order chi connectivity index (χ1) is 9.81. The third kappa shape index (κ3) is 3.28. The van der Waals surface area contributed by atoms with Crippen molar-refractivity contribution in [3.8, 4) is 0 Å². The molecule has 0 aliphatic rings. The zero-order valence-electron chi connectivity index (χ0n) is 11.5. The molecule has 0 atom stereocenters. The topological polar surface area (TPSA) is 130 Å². The van der Waals surface area contributed by atoms with E-state index in [1.54, 1.807) is 17.1 Å². The number of aromatic carboxylic acids is 1. The molecule has 0 amide bonds. The minimum absolute atomic E-state index is 0.0904. The normalized spacial score (nSPS) is 11.7. The number of nitrogens with zero attached hydrogens (tertiary/aromatic N) is 3. The highest BCUT2D eigenvalue weighted by Crippen LogP contribution is 2.17. The fraction of sp³-hybridized carbons (Fsp3) is 0.364. The van der Waals surface area contributed by atoms with Crippen LogP contribution in [-0.4, -0.2) is 46.0 Å². The van der Waals surface area contributed by atoms with E-state index in [0.717, 1.165) is 5.56 Å². The molecule has 2 aromatic heterocycles. The number of sulfonamides is 1. The standard InChI is InChI=1S/C11H15N5O4S/c1-7-5-12-16(6-7)4-3-13-21(19,20)10-8(2)14-15-9(10)11(17)18/h5-6,13H,3-4H2,1-2H3,(H,14,15)(H,17,18). The lowest BCUT2D eigenvalue weighted by atomic mass is 10.4. The summed E-state index contributed by atoms with van der Waals surface area (Å²) >= 11 is 0. The maximum atomic E-state index is 12.2. The quantitative estimate of drug-likeness (QED) is 0.682. The van der Waals surface area contributed by atoms with Crippen LogP contribution in [0.4, 0.5) is 0 Å². The first-order valence-corrected chi connectivity index (χ1v) is 7.56. The molecule has 0 radical (unpaired) electrons. The Morgan fingerprint density at radius 1 is 1.48 bits per heavy atom. The Bertz CT molecular complexity index is 761. The van der Waals surface area contributed by atoms with Gasteiger partial charge in [0.05, 0.1) is 18.4 Å². The van der Waals surface area contributed by atoms with Crippen molar-refractivity contribution >= 4 is 16.0 Å². The molecule has 0 spiro atoms. The molecule has 21 heavy (non-hydrogen) atoms. The van der Waals surface area contributed by atoms with Crippen LogP contribution >= 0.6 is 0 Å². The molecule has 2 aromatic rings. The highest BCUT2D eigenvalue weighted by molar-refractivity contribution is 7.89. The second-order valence-electron chi connectivity index (χ2n) is 4.51. The number of carboxylic acids is 1. The lowest BCUT2D eigenvalue weighted by Crippen LogP contribution is -2.29. The van der Waals surface area contributed by atoms with Gasteiger partial charge in [0.25, 0.3) is 0 Å². The van der Waals surface area contributed by atoms with Crippen molar-refractivity contribution in [3.05, 3.63) is 29.3 Å². The Morgan fingerprint density at radius 3 is 2.76 bits per heavy atom. The van der Waals surface area contributed by atoms with E-state index < -0.39 is 21.7 Å². The highest BCUT2D eigenvalue weighted by atomic mass is 32.2. The molecule has 0 fully saturated rings. The largest absolute Gasteiger partial charge is 0.476 e. The third-order valence-corrected chi connectivity index (χ3v) is 4.38. The third-order valence-electron chi connectivity index (χ3n) is 2.76. The second kappa shape index (κ2) is 5.66. The van der Waals surface area contributed by atoms with Crippen molar-refractivity contribution in [3.63, 3.8) is 0 Å². The van der Waals surface area contributed by atoms with Gasteiger partial charge < -0.3 is 5.11 Å². The summed E-state index contributed by atoms with van der Waals surface area (Å²) in [7, 11) is -3.95. The fourth-order valence-electron chi connectivity index (χ4n) is 1.85. The highest BCUT2D eigenvalue weighted by Gasteiger charge is 2.27. The molecule has 0 aliphatic carbocycles. The maximum absolute atomic E-state index is 12.2. The first kappa shape index (κ1) is 15.2. The van der Waals surface area contributed by atoms with Crippen molar-refractivity contribution in [1.29, 1.82) is 0 Å². The Labute approximate surface area is 121 Å². The molecule has 9 nitrogen and oxygen atoms in total. The number of hydrogen-bond acceptors (Lipinski definition) is 5. The predicted molar refractivity (Wildman–Crippen MR) is 72.4 cm³/mol. The van der Waals surface area contributed by atoms with Crippen LogP contribution in [0.15, 0.2) is 17.3 Å². The van der Waals surface area contributed by atoms with Gasteiger partial charge in [-0.2, -0.15) is 10.2 Å². The van der Waals surface area contributed by atoms with E-state index in [4.69, 9.17) is 5.11 Å². The summed E-state index contributed by atoms with van der Waals surface area (Å²) in [6.45, 7) is 3.76. The van der Waals surface area contributed by atoms with Crippen LogP contribution in [0.1, 0.15) is 21.7 Å². The van der Waals surface area contributed by atoms with Gasteiger partial charge in [-0.1, -0.05) is 0 Å². The van der Waals surface area contributed by atoms with Crippen LogP contribution in [0.25, 0.3) is 0 Å². The number of carboxylic acid groups (broad SMARTS) is 1. The molecule has 0 aliphatic heterocycles. The molecule has 0 aromatic carbocycles. The van der Waals surface area contributed by atoms with Gasteiger partial charge in [-0.3, -0.25) is 9.78 Å². The summed E-state index contributed by atoms with van der Waals surface area (Å²) in [6, 6.07) is 0. The molecule has 0 unspecified atom stereocenters. The molecule has 0 saturated heterocycles. The second-order valence-corrected chi connectivity index (χ2v) is 6.21. The Hall–Kier alpha value is -2.20. The Morgan fingerprint density at radius 2 is 2.19 bits per heavy atom. The van der Waals surface area contributed by atoms with Crippen molar-refractivity contribution in [2.24, 2.45) is 0 Å². The van der Waals surface area contributed by atoms with E-state index in [1.807, 2.05) is 6.92 Å². The summed E-state index contributed by atoms with van der Waals surface area (Å²) in [4.78, 5) is 10.6. The van der Waals surface area contributed by atoms with Crippen LogP contribution in [0.5, 0.6) is 0 Å². The van der Waals surface area contributed by atoms with Gasteiger partial charge in [0.1, 0.15) is 4.90 Å². The molecule has 0 saturated carbocycles. The first-order valence-electron chi connectivity index (χ1n) is 6.08. The molecule has 2 rings (SSSR count). The van der Waals surface area contributed by atoms with Gasteiger partial charge >= 0.3 is 5.97 Å². The van der Waals surface area contributed by atoms with Crippen molar-refractivity contribution < 1.29 is 18.3 Å². The van der Waals surface area contributed by atoms with E-state index in [2.05, 4.69) is 20.0 Å². The van der Waals surface area contributed by atoms with Crippen LogP contribution in [0, 0.1) is 13.8 Å². The van der Waals surface area contributed by atoms with Crippen molar-refractivity contribution in [2.45, 2.75) is 25.3 Å². The zero-order valence-corrected chi connectivity index (χ0v) is 12.3.